The van der Waals surface area contributed by atoms with Crippen molar-refractivity contribution in [2.45, 2.75) is 59.2 Å². The van der Waals surface area contributed by atoms with Gasteiger partial charge in [0, 0.05) is 24.7 Å². The molecular formula is C12H26N2. The number of hydrogen-bond donors (Lipinski definition) is 0. The summed E-state index contributed by atoms with van der Waals surface area (Å²) < 4.78 is 0. The van der Waals surface area contributed by atoms with Crippen molar-refractivity contribution in [1.82, 2.24) is 9.80 Å². The van der Waals surface area contributed by atoms with Gasteiger partial charge < -0.3 is 0 Å². The van der Waals surface area contributed by atoms with Crippen LogP contribution in [-0.4, -0.2) is 47.6 Å². The van der Waals surface area contributed by atoms with Crippen LogP contribution >= 0.6 is 0 Å². The summed E-state index contributed by atoms with van der Waals surface area (Å²) in [6.07, 6.45) is 1.32. The van der Waals surface area contributed by atoms with Gasteiger partial charge in [0.2, 0.25) is 0 Å². The first-order chi connectivity index (χ1) is 6.52. The van der Waals surface area contributed by atoms with Crippen molar-refractivity contribution < 1.29 is 0 Å². The van der Waals surface area contributed by atoms with E-state index >= 15 is 0 Å². The van der Waals surface area contributed by atoms with Crippen molar-refractivity contribution >= 4 is 0 Å². The van der Waals surface area contributed by atoms with E-state index in [1.54, 1.807) is 0 Å². The summed E-state index contributed by atoms with van der Waals surface area (Å²) in [7, 11) is 0. The van der Waals surface area contributed by atoms with E-state index in [-0.39, 0.29) is 0 Å². The molecule has 0 amide bonds. The van der Waals surface area contributed by atoms with Gasteiger partial charge in [0.25, 0.3) is 0 Å². The van der Waals surface area contributed by atoms with Crippen LogP contribution in [0.15, 0.2) is 0 Å². The lowest BCUT2D eigenvalue weighted by atomic mass is 10.2. The molecule has 1 fully saturated rings. The minimum Gasteiger partial charge on any atom is -0.299 e. The van der Waals surface area contributed by atoms with Gasteiger partial charge in [-0.15, -0.1) is 0 Å². The summed E-state index contributed by atoms with van der Waals surface area (Å²) in [6, 6.07) is 2.10. The van der Waals surface area contributed by atoms with E-state index in [1.807, 2.05) is 0 Å². The highest BCUT2D eigenvalue weighted by Gasteiger charge is 2.24. The quantitative estimate of drug-likeness (QED) is 0.671. The Morgan fingerprint density at radius 2 is 1.64 bits per heavy atom. The van der Waals surface area contributed by atoms with Crippen molar-refractivity contribution in [3.63, 3.8) is 0 Å². The number of rotatable bonds is 2. The minimum atomic E-state index is 0.692. The third-order valence-electron chi connectivity index (χ3n) is 3.32. The highest BCUT2D eigenvalue weighted by molar-refractivity contribution is 4.80. The van der Waals surface area contributed by atoms with Gasteiger partial charge in [-0.3, -0.25) is 9.80 Å². The molecule has 2 nitrogen and oxygen atoms in total. The van der Waals surface area contributed by atoms with Crippen LogP contribution in [-0.2, 0) is 0 Å². The molecule has 1 aliphatic rings. The van der Waals surface area contributed by atoms with Gasteiger partial charge in [0.05, 0.1) is 0 Å². The first-order valence-corrected chi connectivity index (χ1v) is 6.02. The maximum absolute atomic E-state index is 2.63. The van der Waals surface area contributed by atoms with Gasteiger partial charge >= 0.3 is 0 Å². The summed E-state index contributed by atoms with van der Waals surface area (Å²) in [5.74, 6) is 0. The Morgan fingerprint density at radius 3 is 2.14 bits per heavy atom. The van der Waals surface area contributed by atoms with Crippen LogP contribution in [0.2, 0.25) is 0 Å². The lowest BCUT2D eigenvalue weighted by molar-refractivity contribution is 0.145. The minimum absolute atomic E-state index is 0.692. The fourth-order valence-electron chi connectivity index (χ4n) is 2.45. The Labute approximate surface area is 89.3 Å². The van der Waals surface area contributed by atoms with Crippen molar-refractivity contribution in [2.24, 2.45) is 0 Å². The first kappa shape index (κ1) is 12.0. The molecule has 0 aromatic carbocycles. The van der Waals surface area contributed by atoms with Crippen LogP contribution < -0.4 is 0 Å². The molecule has 1 atom stereocenters. The predicted octanol–water partition coefficient (Wildman–Crippen LogP) is 2.20. The molecule has 84 valence electrons. The standard InChI is InChI=1S/C12H26N2/c1-10(2)13-7-6-8-14(11(3)4)12(5)9-13/h10-12H,6-9H2,1-5H3/t12-/m0/s1. The van der Waals surface area contributed by atoms with E-state index in [4.69, 9.17) is 0 Å². The molecule has 0 N–H and O–H groups in total. The molecule has 1 saturated heterocycles. The third-order valence-corrected chi connectivity index (χ3v) is 3.32. The summed E-state index contributed by atoms with van der Waals surface area (Å²) in [5.41, 5.74) is 0. The van der Waals surface area contributed by atoms with Crippen molar-refractivity contribution in [3.05, 3.63) is 0 Å². The molecule has 1 heterocycles. The normalized spacial score (nSPS) is 27.2. The Kier molecular flexibility index (Phi) is 4.39. The van der Waals surface area contributed by atoms with Crippen LogP contribution in [0.25, 0.3) is 0 Å². The van der Waals surface area contributed by atoms with Gasteiger partial charge in [-0.25, -0.2) is 0 Å². The molecule has 2 heteroatoms. The van der Waals surface area contributed by atoms with Crippen LogP contribution in [0.5, 0.6) is 0 Å². The topological polar surface area (TPSA) is 6.48 Å². The number of hydrogen-bond acceptors (Lipinski definition) is 2. The molecule has 0 radical (unpaired) electrons. The average Bonchev–Trinajstić information content (AvgIpc) is 2.26. The van der Waals surface area contributed by atoms with Crippen LogP contribution in [0, 0.1) is 0 Å². The van der Waals surface area contributed by atoms with Crippen LogP contribution in [0.4, 0.5) is 0 Å². The fourth-order valence-corrected chi connectivity index (χ4v) is 2.45. The zero-order valence-corrected chi connectivity index (χ0v) is 10.5. The Balaban J connectivity index is 2.56. The molecule has 1 rings (SSSR count). The third kappa shape index (κ3) is 2.96. The first-order valence-electron chi connectivity index (χ1n) is 6.02. The van der Waals surface area contributed by atoms with Gasteiger partial charge in [-0.2, -0.15) is 0 Å². The Hall–Kier alpha value is -0.0800. The molecule has 0 spiro atoms. The van der Waals surface area contributed by atoms with Crippen molar-refractivity contribution in [3.8, 4) is 0 Å². The van der Waals surface area contributed by atoms with Gasteiger partial charge in [0.1, 0.15) is 0 Å². The van der Waals surface area contributed by atoms with E-state index in [9.17, 15) is 0 Å². The second kappa shape index (κ2) is 5.13. The Bertz CT molecular complexity index is 166. The molecule has 0 aliphatic carbocycles. The monoisotopic (exact) mass is 198 g/mol. The molecule has 0 aromatic rings. The lowest BCUT2D eigenvalue weighted by Crippen LogP contribution is -2.44. The SMILES string of the molecule is CC(C)N1CCCN(C(C)C)[C@@H](C)C1. The maximum atomic E-state index is 2.63. The highest BCUT2D eigenvalue weighted by atomic mass is 15.3. The number of nitrogens with zero attached hydrogens (tertiary/aromatic N) is 2. The van der Waals surface area contributed by atoms with Crippen molar-refractivity contribution in [1.29, 1.82) is 0 Å². The van der Waals surface area contributed by atoms with E-state index in [0.717, 1.165) is 0 Å². The molecule has 0 bridgehead atoms. The molecule has 14 heavy (non-hydrogen) atoms. The highest BCUT2D eigenvalue weighted by Crippen LogP contribution is 2.14. The maximum Gasteiger partial charge on any atom is 0.0197 e. The summed E-state index contributed by atoms with van der Waals surface area (Å²) in [4.78, 5) is 5.23. The van der Waals surface area contributed by atoms with Crippen LogP contribution in [0.1, 0.15) is 41.0 Å². The smallest absolute Gasteiger partial charge is 0.0197 e. The average molecular weight is 198 g/mol. The zero-order chi connectivity index (χ0) is 10.7. The molecule has 1 aliphatic heterocycles. The predicted molar refractivity (Wildman–Crippen MR) is 62.6 cm³/mol. The van der Waals surface area contributed by atoms with Gasteiger partial charge in [-0.1, -0.05) is 0 Å². The van der Waals surface area contributed by atoms with E-state index < -0.39 is 0 Å². The summed E-state index contributed by atoms with van der Waals surface area (Å²) >= 11 is 0. The summed E-state index contributed by atoms with van der Waals surface area (Å²) in [6.45, 7) is 15.3. The molecular weight excluding hydrogens is 172 g/mol. The van der Waals surface area contributed by atoms with Crippen molar-refractivity contribution in [2.75, 3.05) is 19.6 Å². The largest absolute Gasteiger partial charge is 0.299 e. The van der Waals surface area contributed by atoms with Gasteiger partial charge in [-0.05, 0) is 54.1 Å². The van der Waals surface area contributed by atoms with E-state index in [2.05, 4.69) is 44.4 Å². The second-order valence-electron chi connectivity index (χ2n) is 5.12. The zero-order valence-electron chi connectivity index (χ0n) is 10.5. The van der Waals surface area contributed by atoms with E-state index in [0.29, 0.717) is 18.1 Å². The fraction of sp³-hybridized carbons (Fsp3) is 1.00. The lowest BCUT2D eigenvalue weighted by Gasteiger charge is -2.33. The van der Waals surface area contributed by atoms with E-state index in [1.165, 1.54) is 26.1 Å². The molecule has 0 saturated carbocycles. The van der Waals surface area contributed by atoms with Gasteiger partial charge in [0.15, 0.2) is 0 Å². The molecule has 0 aromatic heterocycles. The van der Waals surface area contributed by atoms with Crippen LogP contribution in [0.3, 0.4) is 0 Å². The molecule has 0 unspecified atom stereocenters. The second-order valence-corrected chi connectivity index (χ2v) is 5.12. The summed E-state index contributed by atoms with van der Waals surface area (Å²) in [5, 5.41) is 0. The Morgan fingerprint density at radius 1 is 1.00 bits per heavy atom.